The van der Waals surface area contributed by atoms with Crippen LogP contribution < -0.4 is 4.90 Å². The maximum Gasteiger partial charge on any atom is 0.218 e. The van der Waals surface area contributed by atoms with Crippen molar-refractivity contribution in [2.24, 2.45) is 0 Å². The molecule has 1 heterocycles. The van der Waals surface area contributed by atoms with Crippen molar-refractivity contribution in [3.8, 4) is 0 Å². The summed E-state index contributed by atoms with van der Waals surface area (Å²) in [7, 11) is 2.14. The number of hydrogen-bond donors (Lipinski definition) is 0. The van der Waals surface area contributed by atoms with E-state index in [-0.39, 0.29) is 0 Å². The molecule has 0 fully saturated rings. The molecule has 0 aliphatic carbocycles. The summed E-state index contributed by atoms with van der Waals surface area (Å²) in [5, 5.41) is 0. The van der Waals surface area contributed by atoms with E-state index in [9.17, 15) is 0 Å². The first-order chi connectivity index (χ1) is 6.68. The van der Waals surface area contributed by atoms with Crippen LogP contribution in [-0.2, 0) is 0 Å². The Balaban J connectivity index is 2.45. The summed E-state index contributed by atoms with van der Waals surface area (Å²) in [6.45, 7) is 5.42. The highest BCUT2D eigenvalue weighted by Gasteiger charge is 2.20. The first kappa shape index (κ1) is 9.25. The zero-order valence-electron chi connectivity index (χ0n) is 9.07. The summed E-state index contributed by atoms with van der Waals surface area (Å²) in [6.07, 6.45) is 2.25. The lowest BCUT2D eigenvalue weighted by Crippen LogP contribution is -2.37. The molecule has 0 saturated carbocycles. The van der Waals surface area contributed by atoms with Crippen LogP contribution in [-0.4, -0.2) is 30.5 Å². The van der Waals surface area contributed by atoms with Crippen LogP contribution in [0.2, 0.25) is 0 Å². The second-order valence-corrected chi connectivity index (χ2v) is 4.14. The van der Waals surface area contributed by atoms with Gasteiger partial charge >= 0.3 is 0 Å². The average molecular weight is 189 g/mol. The highest BCUT2D eigenvalue weighted by molar-refractivity contribution is 5.86. The van der Waals surface area contributed by atoms with Gasteiger partial charge in [-0.2, -0.15) is 0 Å². The van der Waals surface area contributed by atoms with E-state index in [0.29, 0.717) is 6.04 Å². The third-order valence-electron chi connectivity index (χ3n) is 2.69. The van der Waals surface area contributed by atoms with Gasteiger partial charge in [0.2, 0.25) is 6.67 Å². The van der Waals surface area contributed by atoms with Crippen molar-refractivity contribution in [1.29, 1.82) is 0 Å². The predicted molar refractivity (Wildman–Crippen MR) is 60.3 cm³/mol. The van der Waals surface area contributed by atoms with Crippen molar-refractivity contribution in [1.82, 2.24) is 0 Å². The van der Waals surface area contributed by atoms with Gasteiger partial charge in [0, 0.05) is 7.05 Å². The molecular formula is C12H17N2+. The van der Waals surface area contributed by atoms with Crippen molar-refractivity contribution in [3.63, 3.8) is 0 Å². The maximum atomic E-state index is 2.35. The van der Waals surface area contributed by atoms with Crippen LogP contribution in [0.3, 0.4) is 0 Å². The highest BCUT2D eigenvalue weighted by atomic mass is 15.3. The van der Waals surface area contributed by atoms with E-state index in [1.165, 1.54) is 11.3 Å². The molecule has 2 nitrogen and oxygen atoms in total. The summed E-state index contributed by atoms with van der Waals surface area (Å²) in [5.74, 6) is 0. The van der Waals surface area contributed by atoms with Crippen LogP contribution in [0.1, 0.15) is 19.4 Å². The van der Waals surface area contributed by atoms with E-state index in [0.717, 1.165) is 6.67 Å². The fraction of sp³-hybridized carbons (Fsp3) is 0.417. The third-order valence-corrected chi connectivity index (χ3v) is 2.69. The summed E-state index contributed by atoms with van der Waals surface area (Å²) in [5.41, 5.74) is 2.64. The summed E-state index contributed by atoms with van der Waals surface area (Å²) in [6, 6.07) is 9.08. The molecule has 2 rings (SSSR count). The Labute approximate surface area is 85.5 Å². The molecule has 2 heteroatoms. The van der Waals surface area contributed by atoms with Gasteiger partial charge in [-0.1, -0.05) is 12.1 Å². The Morgan fingerprint density at radius 3 is 2.71 bits per heavy atom. The van der Waals surface area contributed by atoms with E-state index in [4.69, 9.17) is 0 Å². The maximum absolute atomic E-state index is 2.35. The fourth-order valence-electron chi connectivity index (χ4n) is 1.80. The van der Waals surface area contributed by atoms with Crippen molar-refractivity contribution in [2.75, 3.05) is 18.6 Å². The van der Waals surface area contributed by atoms with Gasteiger partial charge in [-0.3, -0.25) is 0 Å². The van der Waals surface area contributed by atoms with E-state index < -0.39 is 0 Å². The molecule has 0 spiro atoms. The van der Waals surface area contributed by atoms with E-state index in [2.05, 4.69) is 60.9 Å². The van der Waals surface area contributed by atoms with Gasteiger partial charge in [0.25, 0.3) is 0 Å². The Kier molecular flexibility index (Phi) is 2.28. The molecule has 0 atom stereocenters. The standard InChI is InChI=1S/C12H17N2/c1-10(2)14-8-11-6-4-5-7-12(11)13(3)9-14/h4-8,10H,9H2,1-3H3/q+1. The molecule has 1 aliphatic rings. The second kappa shape index (κ2) is 3.45. The Morgan fingerprint density at radius 1 is 1.29 bits per heavy atom. The van der Waals surface area contributed by atoms with Crippen molar-refractivity contribution < 1.29 is 4.58 Å². The largest absolute Gasteiger partial charge is 0.319 e. The third kappa shape index (κ3) is 1.52. The molecule has 0 bridgehead atoms. The SMILES string of the molecule is CC(C)[N+]1=Cc2ccccc2N(C)C1. The topological polar surface area (TPSA) is 6.25 Å². The lowest BCUT2D eigenvalue weighted by Gasteiger charge is -2.24. The number of fused-ring (bicyclic) bond motifs is 1. The van der Waals surface area contributed by atoms with Crippen molar-refractivity contribution in [3.05, 3.63) is 29.8 Å². The normalized spacial score (nSPS) is 15.4. The molecule has 0 saturated heterocycles. The Hall–Kier alpha value is -1.31. The molecule has 74 valence electrons. The minimum Gasteiger partial charge on any atom is -0.319 e. The molecule has 0 radical (unpaired) electrons. The Bertz CT molecular complexity index is 366. The summed E-state index contributed by atoms with van der Waals surface area (Å²) >= 11 is 0. The van der Waals surface area contributed by atoms with Crippen LogP contribution in [0.25, 0.3) is 0 Å². The van der Waals surface area contributed by atoms with Crippen LogP contribution in [0.15, 0.2) is 24.3 Å². The molecule has 1 aromatic carbocycles. The zero-order chi connectivity index (χ0) is 10.1. The van der Waals surface area contributed by atoms with Crippen LogP contribution in [0.4, 0.5) is 5.69 Å². The number of rotatable bonds is 1. The second-order valence-electron chi connectivity index (χ2n) is 4.14. The van der Waals surface area contributed by atoms with Crippen molar-refractivity contribution >= 4 is 11.9 Å². The monoisotopic (exact) mass is 189 g/mol. The minimum atomic E-state index is 0.561. The lowest BCUT2D eigenvalue weighted by atomic mass is 10.1. The van der Waals surface area contributed by atoms with Gasteiger partial charge in [-0.25, -0.2) is 4.58 Å². The molecule has 0 unspecified atom stereocenters. The molecular weight excluding hydrogens is 172 g/mol. The Morgan fingerprint density at radius 2 is 2.00 bits per heavy atom. The molecule has 0 amide bonds. The molecule has 1 aliphatic heterocycles. The first-order valence-electron chi connectivity index (χ1n) is 5.09. The highest BCUT2D eigenvalue weighted by Crippen LogP contribution is 2.20. The number of hydrogen-bond acceptors (Lipinski definition) is 1. The van der Waals surface area contributed by atoms with Gasteiger partial charge in [0.05, 0.1) is 11.3 Å². The molecule has 0 N–H and O–H groups in total. The average Bonchev–Trinajstić information content (AvgIpc) is 2.17. The van der Waals surface area contributed by atoms with Gasteiger partial charge < -0.3 is 4.90 Å². The number of para-hydroxylation sites is 1. The fourth-order valence-corrected chi connectivity index (χ4v) is 1.80. The smallest absolute Gasteiger partial charge is 0.218 e. The van der Waals surface area contributed by atoms with Gasteiger partial charge in [-0.15, -0.1) is 0 Å². The van der Waals surface area contributed by atoms with Gasteiger partial charge in [0.15, 0.2) is 6.21 Å². The number of anilines is 1. The predicted octanol–water partition coefficient (Wildman–Crippen LogP) is 1.93. The lowest BCUT2D eigenvalue weighted by molar-refractivity contribution is -0.553. The molecule has 1 aromatic rings. The zero-order valence-corrected chi connectivity index (χ0v) is 9.07. The first-order valence-corrected chi connectivity index (χ1v) is 5.09. The van der Waals surface area contributed by atoms with Crippen LogP contribution in [0.5, 0.6) is 0 Å². The van der Waals surface area contributed by atoms with E-state index in [1.54, 1.807) is 0 Å². The summed E-state index contributed by atoms with van der Waals surface area (Å²) in [4.78, 5) is 2.29. The van der Waals surface area contributed by atoms with Gasteiger partial charge in [-0.05, 0) is 26.0 Å². The van der Waals surface area contributed by atoms with Crippen molar-refractivity contribution in [2.45, 2.75) is 19.9 Å². The quantitative estimate of drug-likeness (QED) is 0.612. The van der Waals surface area contributed by atoms with Gasteiger partial charge in [0.1, 0.15) is 6.04 Å². The molecule has 0 aromatic heterocycles. The minimum absolute atomic E-state index is 0.561. The van der Waals surface area contributed by atoms with E-state index >= 15 is 0 Å². The number of benzene rings is 1. The summed E-state index contributed by atoms with van der Waals surface area (Å²) < 4.78 is 2.35. The molecule has 14 heavy (non-hydrogen) atoms. The van der Waals surface area contributed by atoms with Crippen LogP contribution >= 0.6 is 0 Å². The number of nitrogens with zero attached hydrogens (tertiary/aromatic N) is 2. The van der Waals surface area contributed by atoms with E-state index in [1.807, 2.05) is 0 Å². The van der Waals surface area contributed by atoms with Crippen LogP contribution in [0, 0.1) is 0 Å².